The average molecular weight is 276 g/mol. The van der Waals surface area contributed by atoms with Crippen molar-refractivity contribution in [2.45, 2.75) is 51.1 Å². The number of nitrogens with two attached hydrogens (primary N) is 1. The molecule has 2 unspecified atom stereocenters. The Balaban J connectivity index is 2.13. The molecule has 3 heteroatoms. The SMILES string of the molecule is CCC1CCCN1C(C)(CN)Cc1ccc(OC)cc1. The monoisotopic (exact) mass is 276 g/mol. The van der Waals surface area contributed by atoms with Gasteiger partial charge in [0.15, 0.2) is 0 Å². The Kier molecular flexibility index (Phi) is 5.06. The fourth-order valence-electron chi connectivity index (χ4n) is 3.44. The second kappa shape index (κ2) is 6.59. The summed E-state index contributed by atoms with van der Waals surface area (Å²) in [7, 11) is 1.70. The standard InChI is InChI=1S/C17H28N2O/c1-4-15-6-5-11-19(15)17(2,13-18)12-14-7-9-16(20-3)10-8-14/h7-10,15H,4-6,11-13,18H2,1-3H3. The predicted molar refractivity (Wildman–Crippen MR) is 84.2 cm³/mol. The van der Waals surface area contributed by atoms with Gasteiger partial charge in [-0.25, -0.2) is 0 Å². The van der Waals surface area contributed by atoms with Crippen molar-refractivity contribution in [3.05, 3.63) is 29.8 Å². The van der Waals surface area contributed by atoms with Crippen LogP contribution in [0.25, 0.3) is 0 Å². The van der Waals surface area contributed by atoms with Crippen LogP contribution in [-0.2, 0) is 6.42 Å². The lowest BCUT2D eigenvalue weighted by atomic mass is 9.89. The number of hydrogen-bond acceptors (Lipinski definition) is 3. The lowest BCUT2D eigenvalue weighted by molar-refractivity contribution is 0.0935. The van der Waals surface area contributed by atoms with Gasteiger partial charge in [0.25, 0.3) is 0 Å². The molecule has 1 aliphatic heterocycles. The summed E-state index contributed by atoms with van der Waals surface area (Å²) in [6.07, 6.45) is 4.84. The minimum Gasteiger partial charge on any atom is -0.497 e. The van der Waals surface area contributed by atoms with Crippen molar-refractivity contribution in [3.63, 3.8) is 0 Å². The first-order valence-corrected chi connectivity index (χ1v) is 7.72. The summed E-state index contributed by atoms with van der Waals surface area (Å²) in [5.74, 6) is 0.913. The molecule has 0 amide bonds. The van der Waals surface area contributed by atoms with Crippen molar-refractivity contribution < 1.29 is 4.74 Å². The average Bonchev–Trinajstić information content (AvgIpc) is 2.97. The summed E-state index contributed by atoms with van der Waals surface area (Å²) in [5, 5.41) is 0. The van der Waals surface area contributed by atoms with Crippen LogP contribution in [0.1, 0.15) is 38.7 Å². The smallest absolute Gasteiger partial charge is 0.118 e. The van der Waals surface area contributed by atoms with Crippen LogP contribution >= 0.6 is 0 Å². The molecule has 0 spiro atoms. The van der Waals surface area contributed by atoms with E-state index in [9.17, 15) is 0 Å². The molecule has 1 aromatic carbocycles. The van der Waals surface area contributed by atoms with Gasteiger partial charge in [0.1, 0.15) is 5.75 Å². The Hall–Kier alpha value is -1.06. The lowest BCUT2D eigenvalue weighted by Gasteiger charge is -2.42. The van der Waals surface area contributed by atoms with Gasteiger partial charge in [-0.1, -0.05) is 19.1 Å². The second-order valence-corrected chi connectivity index (χ2v) is 6.12. The van der Waals surface area contributed by atoms with Crippen LogP contribution < -0.4 is 10.5 Å². The van der Waals surface area contributed by atoms with Gasteiger partial charge in [0.2, 0.25) is 0 Å². The van der Waals surface area contributed by atoms with E-state index in [2.05, 4.69) is 30.9 Å². The molecule has 1 heterocycles. The summed E-state index contributed by atoms with van der Waals surface area (Å²) < 4.78 is 5.22. The molecule has 112 valence electrons. The summed E-state index contributed by atoms with van der Waals surface area (Å²) >= 11 is 0. The van der Waals surface area contributed by atoms with Crippen molar-refractivity contribution in [1.29, 1.82) is 0 Å². The highest BCUT2D eigenvalue weighted by Crippen LogP contribution is 2.31. The van der Waals surface area contributed by atoms with Gasteiger partial charge in [0.05, 0.1) is 7.11 Å². The molecule has 0 aliphatic carbocycles. The third-order valence-corrected chi connectivity index (χ3v) is 4.73. The summed E-state index contributed by atoms with van der Waals surface area (Å²) in [6.45, 7) is 6.48. The first-order chi connectivity index (χ1) is 9.62. The zero-order valence-corrected chi connectivity index (χ0v) is 13.1. The normalized spacial score (nSPS) is 22.7. The molecular formula is C17H28N2O. The Labute approximate surface area is 123 Å². The summed E-state index contributed by atoms with van der Waals surface area (Å²) in [5.41, 5.74) is 7.54. The minimum absolute atomic E-state index is 0.0613. The molecule has 1 aliphatic rings. The van der Waals surface area contributed by atoms with Gasteiger partial charge in [0, 0.05) is 18.1 Å². The maximum absolute atomic E-state index is 6.14. The topological polar surface area (TPSA) is 38.5 Å². The molecule has 0 bridgehead atoms. The predicted octanol–water partition coefficient (Wildman–Crippen LogP) is 2.83. The van der Waals surface area contributed by atoms with E-state index in [1.807, 2.05) is 12.1 Å². The van der Waals surface area contributed by atoms with E-state index >= 15 is 0 Å². The molecule has 20 heavy (non-hydrogen) atoms. The van der Waals surface area contributed by atoms with Gasteiger partial charge >= 0.3 is 0 Å². The highest BCUT2D eigenvalue weighted by atomic mass is 16.5. The van der Waals surface area contributed by atoms with E-state index < -0.39 is 0 Å². The van der Waals surface area contributed by atoms with Crippen LogP contribution in [0, 0.1) is 0 Å². The first kappa shape index (κ1) is 15.3. The molecule has 2 atom stereocenters. The summed E-state index contributed by atoms with van der Waals surface area (Å²) in [4.78, 5) is 2.64. The molecule has 0 saturated carbocycles. The molecule has 1 saturated heterocycles. The van der Waals surface area contributed by atoms with Gasteiger partial charge in [-0.3, -0.25) is 4.90 Å². The van der Waals surface area contributed by atoms with E-state index in [1.165, 1.54) is 31.4 Å². The van der Waals surface area contributed by atoms with Crippen LogP contribution in [0.3, 0.4) is 0 Å². The number of benzene rings is 1. The van der Waals surface area contributed by atoms with Crippen LogP contribution in [-0.4, -0.2) is 36.7 Å². The Morgan fingerprint density at radius 3 is 2.60 bits per heavy atom. The maximum atomic E-state index is 6.14. The highest BCUT2D eigenvalue weighted by molar-refractivity contribution is 5.28. The molecule has 2 N–H and O–H groups in total. The first-order valence-electron chi connectivity index (χ1n) is 7.72. The van der Waals surface area contributed by atoms with Gasteiger partial charge < -0.3 is 10.5 Å². The van der Waals surface area contributed by atoms with Crippen LogP contribution in [0.4, 0.5) is 0 Å². The zero-order chi connectivity index (χ0) is 14.6. The zero-order valence-electron chi connectivity index (χ0n) is 13.1. The fourth-order valence-corrected chi connectivity index (χ4v) is 3.44. The van der Waals surface area contributed by atoms with E-state index in [-0.39, 0.29) is 5.54 Å². The molecule has 0 radical (unpaired) electrons. The maximum Gasteiger partial charge on any atom is 0.118 e. The van der Waals surface area contributed by atoms with E-state index in [1.54, 1.807) is 7.11 Å². The van der Waals surface area contributed by atoms with Gasteiger partial charge in [-0.2, -0.15) is 0 Å². The van der Waals surface area contributed by atoms with Crippen LogP contribution in [0.2, 0.25) is 0 Å². The molecular weight excluding hydrogens is 248 g/mol. The Morgan fingerprint density at radius 1 is 1.35 bits per heavy atom. The molecule has 1 aromatic rings. The van der Waals surface area contributed by atoms with Crippen LogP contribution in [0.5, 0.6) is 5.75 Å². The number of nitrogens with zero attached hydrogens (tertiary/aromatic N) is 1. The van der Waals surface area contributed by atoms with E-state index in [0.717, 1.165) is 12.2 Å². The van der Waals surface area contributed by atoms with Gasteiger partial charge in [-0.05, 0) is 56.8 Å². The van der Waals surface area contributed by atoms with E-state index in [0.29, 0.717) is 12.6 Å². The molecule has 0 aromatic heterocycles. The second-order valence-electron chi connectivity index (χ2n) is 6.12. The van der Waals surface area contributed by atoms with Crippen molar-refractivity contribution in [1.82, 2.24) is 4.90 Å². The quantitative estimate of drug-likeness (QED) is 0.868. The number of ether oxygens (including phenoxy) is 1. The Morgan fingerprint density at radius 2 is 2.05 bits per heavy atom. The number of likely N-dealkylation sites (tertiary alicyclic amines) is 1. The number of rotatable bonds is 6. The van der Waals surface area contributed by atoms with Crippen molar-refractivity contribution >= 4 is 0 Å². The number of methoxy groups -OCH3 is 1. The largest absolute Gasteiger partial charge is 0.497 e. The van der Waals surface area contributed by atoms with Crippen molar-refractivity contribution in [2.75, 3.05) is 20.2 Å². The third-order valence-electron chi connectivity index (χ3n) is 4.73. The van der Waals surface area contributed by atoms with Crippen LogP contribution in [0.15, 0.2) is 24.3 Å². The molecule has 1 fully saturated rings. The van der Waals surface area contributed by atoms with Crippen molar-refractivity contribution in [3.8, 4) is 5.75 Å². The lowest BCUT2D eigenvalue weighted by Crippen LogP contribution is -2.55. The van der Waals surface area contributed by atoms with Gasteiger partial charge in [-0.15, -0.1) is 0 Å². The van der Waals surface area contributed by atoms with Crippen molar-refractivity contribution in [2.24, 2.45) is 5.73 Å². The Bertz CT molecular complexity index is 418. The molecule has 2 rings (SSSR count). The fraction of sp³-hybridized carbons (Fsp3) is 0.647. The number of hydrogen-bond donors (Lipinski definition) is 1. The third kappa shape index (κ3) is 3.15. The van der Waals surface area contributed by atoms with E-state index in [4.69, 9.17) is 10.5 Å². The minimum atomic E-state index is 0.0613. The molecule has 3 nitrogen and oxygen atoms in total. The highest BCUT2D eigenvalue weighted by Gasteiger charge is 2.37. The summed E-state index contributed by atoms with van der Waals surface area (Å²) in [6, 6.07) is 9.08.